The highest BCUT2D eigenvalue weighted by Crippen LogP contribution is 2.12. The highest BCUT2D eigenvalue weighted by Gasteiger charge is 2.19. The second-order valence-electron chi connectivity index (χ2n) is 5.30. The zero-order chi connectivity index (χ0) is 13.5. The molecule has 0 aromatic heterocycles. The van der Waals surface area contributed by atoms with Crippen molar-refractivity contribution >= 4 is 5.96 Å². The van der Waals surface area contributed by atoms with Gasteiger partial charge in [0, 0.05) is 19.7 Å². The number of aliphatic imine (C=N–C) groups is 1. The summed E-state index contributed by atoms with van der Waals surface area (Å²) in [6, 6.07) is 0.441. The van der Waals surface area contributed by atoms with E-state index in [1.165, 1.54) is 0 Å². The number of nitrogens with two attached hydrogens (primary N) is 1. The molecule has 0 saturated heterocycles. The molecule has 0 aliphatic heterocycles. The summed E-state index contributed by atoms with van der Waals surface area (Å²) in [4.78, 5) is 6.71. The second kappa shape index (κ2) is 7.54. The number of ether oxygens (including phenoxy) is 1. The molecular formula is C13H29N3O. The van der Waals surface area contributed by atoms with Crippen LogP contribution in [0, 0.1) is 0 Å². The molecule has 0 radical (unpaired) electrons. The lowest BCUT2D eigenvalue weighted by Crippen LogP contribution is -2.47. The van der Waals surface area contributed by atoms with Crippen LogP contribution in [0.15, 0.2) is 4.99 Å². The summed E-state index contributed by atoms with van der Waals surface area (Å²) in [7, 11) is 1.71. The van der Waals surface area contributed by atoms with Crippen molar-refractivity contribution < 1.29 is 4.74 Å². The fraction of sp³-hybridized carbons (Fsp3) is 0.923. The van der Waals surface area contributed by atoms with Crippen molar-refractivity contribution in [3.05, 3.63) is 0 Å². The van der Waals surface area contributed by atoms with E-state index in [1.54, 1.807) is 7.11 Å². The smallest absolute Gasteiger partial charge is 0.192 e. The van der Waals surface area contributed by atoms with E-state index in [4.69, 9.17) is 10.5 Å². The SMILES string of the molecule is CCC(CC)N(CCOC)C(N)=NC(C)(C)C. The fourth-order valence-electron chi connectivity index (χ4n) is 1.81. The molecule has 0 rings (SSSR count). The Morgan fingerprint density at radius 3 is 2.18 bits per heavy atom. The minimum absolute atomic E-state index is 0.137. The number of guanidine groups is 1. The molecule has 0 aromatic carbocycles. The average molecular weight is 243 g/mol. The lowest BCUT2D eigenvalue weighted by atomic mass is 10.1. The Bertz CT molecular complexity index is 229. The molecule has 4 heteroatoms. The van der Waals surface area contributed by atoms with Gasteiger partial charge in [-0.15, -0.1) is 0 Å². The van der Waals surface area contributed by atoms with Crippen LogP contribution in [0.3, 0.4) is 0 Å². The molecule has 0 atom stereocenters. The first-order valence-corrected chi connectivity index (χ1v) is 6.46. The first kappa shape index (κ1) is 16.2. The van der Waals surface area contributed by atoms with Crippen molar-refractivity contribution in [3.63, 3.8) is 0 Å². The lowest BCUT2D eigenvalue weighted by molar-refractivity contribution is 0.157. The van der Waals surface area contributed by atoms with Crippen LogP contribution >= 0.6 is 0 Å². The van der Waals surface area contributed by atoms with Gasteiger partial charge in [0.2, 0.25) is 0 Å². The first-order chi connectivity index (χ1) is 7.85. The fourth-order valence-corrected chi connectivity index (χ4v) is 1.81. The van der Waals surface area contributed by atoms with Crippen molar-refractivity contribution in [3.8, 4) is 0 Å². The third kappa shape index (κ3) is 6.51. The molecule has 0 bridgehead atoms. The van der Waals surface area contributed by atoms with E-state index >= 15 is 0 Å². The summed E-state index contributed by atoms with van der Waals surface area (Å²) in [5.41, 5.74) is 5.98. The van der Waals surface area contributed by atoms with Gasteiger partial charge in [-0.05, 0) is 33.6 Å². The highest BCUT2D eigenvalue weighted by molar-refractivity contribution is 5.78. The molecule has 0 aromatic rings. The molecule has 102 valence electrons. The normalized spacial score (nSPS) is 13.2. The summed E-state index contributed by atoms with van der Waals surface area (Å²) in [5, 5.41) is 0. The molecule has 0 unspecified atom stereocenters. The van der Waals surface area contributed by atoms with Crippen LogP contribution in [-0.2, 0) is 4.74 Å². The van der Waals surface area contributed by atoms with Gasteiger partial charge in [0.1, 0.15) is 0 Å². The maximum atomic E-state index is 6.12. The summed E-state index contributed by atoms with van der Waals surface area (Å²) >= 11 is 0. The minimum atomic E-state index is -0.137. The molecule has 0 heterocycles. The molecular weight excluding hydrogens is 214 g/mol. The maximum absolute atomic E-state index is 6.12. The van der Waals surface area contributed by atoms with Gasteiger partial charge < -0.3 is 15.4 Å². The van der Waals surface area contributed by atoms with Crippen LogP contribution in [-0.4, -0.2) is 42.7 Å². The standard InChI is InChI=1S/C13H29N3O/c1-7-11(8-2)16(9-10-17-6)12(14)15-13(3,4)5/h11H,7-10H2,1-6H3,(H2,14,15). The number of hydrogen-bond donors (Lipinski definition) is 1. The predicted octanol–water partition coefficient (Wildman–Crippen LogP) is 2.24. The second-order valence-corrected chi connectivity index (χ2v) is 5.30. The van der Waals surface area contributed by atoms with Gasteiger partial charge in [-0.3, -0.25) is 0 Å². The van der Waals surface area contributed by atoms with Crippen LogP contribution in [0.5, 0.6) is 0 Å². The number of nitrogens with zero attached hydrogens (tertiary/aromatic N) is 2. The van der Waals surface area contributed by atoms with Crippen molar-refractivity contribution in [2.75, 3.05) is 20.3 Å². The van der Waals surface area contributed by atoms with Crippen LogP contribution in [0.25, 0.3) is 0 Å². The number of hydrogen-bond acceptors (Lipinski definition) is 2. The average Bonchev–Trinajstić information content (AvgIpc) is 2.21. The Balaban J connectivity index is 4.83. The largest absolute Gasteiger partial charge is 0.383 e. The van der Waals surface area contributed by atoms with E-state index in [-0.39, 0.29) is 5.54 Å². The molecule has 4 nitrogen and oxygen atoms in total. The Morgan fingerprint density at radius 2 is 1.82 bits per heavy atom. The Kier molecular flexibility index (Phi) is 7.19. The van der Waals surface area contributed by atoms with Gasteiger partial charge in [-0.2, -0.15) is 0 Å². The van der Waals surface area contributed by atoms with Crippen LogP contribution in [0.1, 0.15) is 47.5 Å². The van der Waals surface area contributed by atoms with Gasteiger partial charge in [-0.25, -0.2) is 4.99 Å². The molecule has 0 fully saturated rings. The Labute approximate surface area is 106 Å². The van der Waals surface area contributed by atoms with Crippen LogP contribution in [0.2, 0.25) is 0 Å². The summed E-state index contributed by atoms with van der Waals surface area (Å²) in [5.74, 6) is 0.628. The molecule has 0 saturated carbocycles. The van der Waals surface area contributed by atoms with E-state index in [9.17, 15) is 0 Å². The maximum Gasteiger partial charge on any atom is 0.192 e. The van der Waals surface area contributed by atoms with Crippen molar-refractivity contribution in [2.24, 2.45) is 10.7 Å². The van der Waals surface area contributed by atoms with Gasteiger partial charge >= 0.3 is 0 Å². The summed E-state index contributed by atoms with van der Waals surface area (Å²) < 4.78 is 5.14. The third-order valence-corrected chi connectivity index (χ3v) is 2.66. The topological polar surface area (TPSA) is 50.9 Å². The molecule has 0 aliphatic rings. The highest BCUT2D eigenvalue weighted by atomic mass is 16.5. The van der Waals surface area contributed by atoms with Crippen molar-refractivity contribution in [2.45, 2.75) is 59.0 Å². The predicted molar refractivity (Wildman–Crippen MR) is 74.3 cm³/mol. The number of methoxy groups -OCH3 is 1. The molecule has 0 aliphatic carbocycles. The Morgan fingerprint density at radius 1 is 1.29 bits per heavy atom. The zero-order valence-corrected chi connectivity index (χ0v) is 12.3. The lowest BCUT2D eigenvalue weighted by Gasteiger charge is -2.32. The van der Waals surface area contributed by atoms with E-state index in [0.29, 0.717) is 18.6 Å². The first-order valence-electron chi connectivity index (χ1n) is 6.46. The molecule has 0 amide bonds. The third-order valence-electron chi connectivity index (χ3n) is 2.66. The minimum Gasteiger partial charge on any atom is -0.383 e. The molecule has 0 spiro atoms. The van der Waals surface area contributed by atoms with E-state index in [2.05, 4.69) is 44.5 Å². The molecule has 17 heavy (non-hydrogen) atoms. The molecule has 2 N–H and O–H groups in total. The summed E-state index contributed by atoms with van der Waals surface area (Å²) in [6.07, 6.45) is 2.14. The quantitative estimate of drug-likeness (QED) is 0.575. The zero-order valence-electron chi connectivity index (χ0n) is 12.3. The van der Waals surface area contributed by atoms with Gasteiger partial charge in [0.25, 0.3) is 0 Å². The van der Waals surface area contributed by atoms with Crippen molar-refractivity contribution in [1.82, 2.24) is 4.90 Å². The van der Waals surface area contributed by atoms with Crippen molar-refractivity contribution in [1.29, 1.82) is 0 Å². The van der Waals surface area contributed by atoms with E-state index in [1.807, 2.05) is 0 Å². The van der Waals surface area contributed by atoms with Crippen LogP contribution < -0.4 is 5.73 Å². The van der Waals surface area contributed by atoms with Gasteiger partial charge in [0.15, 0.2) is 5.96 Å². The monoisotopic (exact) mass is 243 g/mol. The van der Waals surface area contributed by atoms with Gasteiger partial charge in [0.05, 0.1) is 12.1 Å². The van der Waals surface area contributed by atoms with E-state index < -0.39 is 0 Å². The summed E-state index contributed by atoms with van der Waals surface area (Å²) in [6.45, 7) is 12.0. The van der Waals surface area contributed by atoms with Crippen LogP contribution in [0.4, 0.5) is 0 Å². The number of rotatable bonds is 6. The Hall–Kier alpha value is -0.770. The van der Waals surface area contributed by atoms with Gasteiger partial charge in [-0.1, -0.05) is 13.8 Å². The van der Waals surface area contributed by atoms with E-state index in [0.717, 1.165) is 19.4 Å².